The van der Waals surface area contributed by atoms with Gasteiger partial charge in [0.1, 0.15) is 5.78 Å². The quantitative estimate of drug-likeness (QED) is 0.362. The van der Waals surface area contributed by atoms with E-state index in [1.54, 1.807) is 0 Å². The minimum atomic E-state index is 0.143. The Labute approximate surface area is 187 Å². The average Bonchev–Trinajstić information content (AvgIpc) is 2.80. The minimum absolute atomic E-state index is 0.143. The first-order chi connectivity index (χ1) is 14.6. The van der Waals surface area contributed by atoms with Gasteiger partial charge < -0.3 is 0 Å². The normalized spacial score (nSPS) is 41.9. The van der Waals surface area contributed by atoms with Crippen molar-refractivity contribution in [2.75, 3.05) is 0 Å². The lowest BCUT2D eigenvalue weighted by atomic mass is 9.42. The Kier molecular flexibility index (Phi) is 7.68. The van der Waals surface area contributed by atoms with Gasteiger partial charge in [0.05, 0.1) is 0 Å². The molecule has 0 aromatic heterocycles. The fraction of sp³-hybridized carbons (Fsp3) is 0.966. The number of Topliss-reactive ketones (excluding diaryl/α,β-unsaturated/α-hetero) is 1. The number of carbonyl (C=O) groups excluding carboxylic acids is 1. The van der Waals surface area contributed by atoms with E-state index in [4.69, 9.17) is 0 Å². The van der Waals surface area contributed by atoms with Crippen molar-refractivity contribution in [2.24, 2.45) is 34.5 Å². The summed E-state index contributed by atoms with van der Waals surface area (Å²) in [5, 5.41) is 0. The molecule has 4 rings (SSSR count). The van der Waals surface area contributed by atoms with Gasteiger partial charge in [-0.2, -0.15) is 0 Å². The largest absolute Gasteiger partial charge is 0.298 e. The molecule has 0 radical (unpaired) electrons. The zero-order valence-electron chi connectivity index (χ0n) is 20.4. The van der Waals surface area contributed by atoms with E-state index in [1.165, 1.54) is 128 Å². The maximum Gasteiger partial charge on any atom is 0.145 e. The van der Waals surface area contributed by atoms with Gasteiger partial charge >= 0.3 is 0 Å². The van der Waals surface area contributed by atoms with Gasteiger partial charge in [0, 0.05) is 10.8 Å². The van der Waals surface area contributed by atoms with Crippen molar-refractivity contribution in [1.29, 1.82) is 0 Å². The summed E-state index contributed by atoms with van der Waals surface area (Å²) in [5.74, 6) is 4.61. The van der Waals surface area contributed by atoms with Crippen LogP contribution < -0.4 is 0 Å². The Morgan fingerprint density at radius 1 is 0.667 bits per heavy atom. The van der Waals surface area contributed by atoms with E-state index in [9.17, 15) is 4.79 Å². The van der Waals surface area contributed by atoms with E-state index in [-0.39, 0.29) is 10.8 Å². The molecule has 0 heterocycles. The molecule has 0 N–H and O–H groups in total. The number of hydrogen-bond acceptors (Lipinski definition) is 1. The van der Waals surface area contributed by atoms with Crippen LogP contribution in [0.15, 0.2) is 0 Å². The van der Waals surface area contributed by atoms with Gasteiger partial charge in [0.2, 0.25) is 0 Å². The smallest absolute Gasteiger partial charge is 0.145 e. The second kappa shape index (κ2) is 10.1. The predicted octanol–water partition coefficient (Wildman–Crippen LogP) is 8.89. The maximum absolute atomic E-state index is 13.5. The molecule has 172 valence electrons. The summed E-state index contributed by atoms with van der Waals surface area (Å²) in [5.41, 5.74) is 0.287. The molecule has 0 saturated heterocycles. The Bertz CT molecular complexity index is 539. The van der Waals surface area contributed by atoms with Gasteiger partial charge in [0.25, 0.3) is 0 Å². The SMILES string of the molecule is CCCCCCCC1CC[C@]2(CC1)C[C@@]1(CC[C@H](C3CCC(CC)CC3)CC1)C2=O. The first-order valence-electron chi connectivity index (χ1n) is 14.2. The number of ketones is 1. The lowest BCUT2D eigenvalue weighted by Crippen LogP contribution is -2.59. The van der Waals surface area contributed by atoms with E-state index in [1.807, 2.05) is 0 Å². The van der Waals surface area contributed by atoms with E-state index >= 15 is 0 Å². The van der Waals surface area contributed by atoms with Crippen molar-refractivity contribution >= 4 is 5.78 Å². The first kappa shape index (κ1) is 22.8. The summed E-state index contributed by atoms with van der Waals surface area (Å²) < 4.78 is 0. The van der Waals surface area contributed by atoms with Gasteiger partial charge in [-0.3, -0.25) is 4.79 Å². The molecule has 0 bridgehead atoms. The Balaban J connectivity index is 1.18. The third kappa shape index (κ3) is 4.71. The van der Waals surface area contributed by atoms with Crippen molar-refractivity contribution < 1.29 is 4.79 Å². The van der Waals surface area contributed by atoms with Crippen LogP contribution in [0.5, 0.6) is 0 Å². The van der Waals surface area contributed by atoms with Gasteiger partial charge in [-0.25, -0.2) is 0 Å². The second-order valence-corrected chi connectivity index (χ2v) is 12.2. The van der Waals surface area contributed by atoms with Crippen molar-refractivity contribution in [3.63, 3.8) is 0 Å². The molecule has 4 fully saturated rings. The predicted molar refractivity (Wildman–Crippen MR) is 128 cm³/mol. The third-order valence-corrected chi connectivity index (χ3v) is 10.5. The third-order valence-electron chi connectivity index (χ3n) is 10.5. The zero-order valence-corrected chi connectivity index (χ0v) is 20.4. The summed E-state index contributed by atoms with van der Waals surface area (Å²) in [4.78, 5) is 13.5. The highest BCUT2D eigenvalue weighted by atomic mass is 16.1. The van der Waals surface area contributed by atoms with Crippen LogP contribution in [0.4, 0.5) is 0 Å². The van der Waals surface area contributed by atoms with Crippen LogP contribution in [0.1, 0.15) is 142 Å². The molecular weight excluding hydrogens is 364 g/mol. The molecule has 1 heteroatoms. The van der Waals surface area contributed by atoms with E-state index in [0.29, 0.717) is 0 Å². The summed E-state index contributed by atoms with van der Waals surface area (Å²) in [6, 6.07) is 0. The fourth-order valence-corrected chi connectivity index (χ4v) is 8.36. The highest BCUT2D eigenvalue weighted by molar-refractivity contribution is 5.96. The van der Waals surface area contributed by atoms with E-state index in [2.05, 4.69) is 13.8 Å². The second-order valence-electron chi connectivity index (χ2n) is 12.2. The number of unbranched alkanes of at least 4 members (excludes halogenated alkanes) is 4. The van der Waals surface area contributed by atoms with Crippen molar-refractivity contribution in [1.82, 2.24) is 0 Å². The van der Waals surface area contributed by atoms with Gasteiger partial charge in [-0.05, 0) is 94.3 Å². The topological polar surface area (TPSA) is 17.1 Å². The zero-order chi connectivity index (χ0) is 21.0. The molecule has 0 unspecified atom stereocenters. The fourth-order valence-electron chi connectivity index (χ4n) is 8.36. The van der Waals surface area contributed by atoms with Gasteiger partial charge in [-0.15, -0.1) is 0 Å². The Hall–Kier alpha value is -0.330. The molecule has 30 heavy (non-hydrogen) atoms. The highest BCUT2D eigenvalue weighted by Crippen LogP contribution is 2.64. The monoisotopic (exact) mass is 414 g/mol. The van der Waals surface area contributed by atoms with E-state index in [0.717, 1.165) is 29.5 Å². The molecule has 2 spiro atoms. The summed E-state index contributed by atoms with van der Waals surface area (Å²) in [7, 11) is 0. The van der Waals surface area contributed by atoms with Crippen LogP contribution in [0, 0.1) is 34.5 Å². The Morgan fingerprint density at radius 3 is 1.80 bits per heavy atom. The molecule has 4 aliphatic rings. The van der Waals surface area contributed by atoms with Crippen LogP contribution in [-0.2, 0) is 4.79 Å². The van der Waals surface area contributed by atoms with Gasteiger partial charge in [0.15, 0.2) is 0 Å². The number of carbonyl (C=O) groups is 1. The molecule has 4 saturated carbocycles. The van der Waals surface area contributed by atoms with Crippen LogP contribution in [0.3, 0.4) is 0 Å². The molecular formula is C29H50O. The highest BCUT2D eigenvalue weighted by Gasteiger charge is 2.63. The van der Waals surface area contributed by atoms with Crippen LogP contribution in [-0.4, -0.2) is 5.78 Å². The van der Waals surface area contributed by atoms with Crippen LogP contribution in [0.25, 0.3) is 0 Å². The van der Waals surface area contributed by atoms with Crippen LogP contribution >= 0.6 is 0 Å². The van der Waals surface area contributed by atoms with Crippen molar-refractivity contribution in [2.45, 2.75) is 142 Å². The Morgan fingerprint density at radius 2 is 1.23 bits per heavy atom. The summed E-state index contributed by atoms with van der Waals surface area (Å²) >= 11 is 0. The number of rotatable bonds is 8. The first-order valence-corrected chi connectivity index (χ1v) is 14.2. The lowest BCUT2D eigenvalue weighted by Gasteiger charge is -2.59. The van der Waals surface area contributed by atoms with Gasteiger partial charge in [-0.1, -0.05) is 71.6 Å². The maximum atomic E-state index is 13.5. The lowest BCUT2D eigenvalue weighted by molar-refractivity contribution is -0.169. The molecule has 4 aliphatic carbocycles. The van der Waals surface area contributed by atoms with Crippen molar-refractivity contribution in [3.8, 4) is 0 Å². The molecule has 0 aromatic rings. The average molecular weight is 415 g/mol. The minimum Gasteiger partial charge on any atom is -0.298 e. The molecule has 0 atom stereocenters. The summed E-state index contributed by atoms with van der Waals surface area (Å²) in [6.07, 6.45) is 27.4. The van der Waals surface area contributed by atoms with E-state index < -0.39 is 0 Å². The van der Waals surface area contributed by atoms with Crippen LogP contribution in [0.2, 0.25) is 0 Å². The van der Waals surface area contributed by atoms with Crippen molar-refractivity contribution in [3.05, 3.63) is 0 Å². The molecule has 0 aliphatic heterocycles. The number of hydrogen-bond donors (Lipinski definition) is 0. The molecule has 1 nitrogen and oxygen atoms in total. The summed E-state index contributed by atoms with van der Waals surface area (Å²) in [6.45, 7) is 4.67. The molecule has 0 aromatic carbocycles. The standard InChI is InChI=1S/C29H50O/c1-3-5-6-7-8-9-24-14-18-28(19-15-24)22-29(27(28)30)20-16-26(17-21-29)25-12-10-23(4-2)11-13-25/h23-26H,3-22H2,1-2H3/t23?,24?,25?,26-,28-,29-. The molecule has 0 amide bonds.